The summed E-state index contributed by atoms with van der Waals surface area (Å²) in [6, 6.07) is 0. The van der Waals surface area contributed by atoms with Gasteiger partial charge in [-0.05, 0) is 24.3 Å². The molecule has 66 valence electrons. The largest absolute Gasteiger partial charge is 0.366 e. The maximum atomic E-state index is 10.9. The van der Waals surface area contributed by atoms with Crippen molar-refractivity contribution in [3.63, 3.8) is 0 Å². The highest BCUT2D eigenvalue weighted by atomic mass is 16.1. The molecule has 0 saturated heterocycles. The van der Waals surface area contributed by atoms with E-state index in [1.54, 1.807) is 6.08 Å². The summed E-state index contributed by atoms with van der Waals surface area (Å²) < 4.78 is 0. The second-order valence-corrected chi connectivity index (χ2v) is 2.98. The van der Waals surface area contributed by atoms with Crippen LogP contribution in [0, 0.1) is 0 Å². The zero-order valence-corrected chi connectivity index (χ0v) is 7.10. The standard InChI is InChI=1S/C10H10N2O/c11-10(13)8-4-5-9-3-1-2-6-12(9)7-8/h1-6H,7H2,(H2,11,13). The van der Waals surface area contributed by atoms with E-state index in [9.17, 15) is 4.79 Å². The van der Waals surface area contributed by atoms with Crippen LogP contribution in [0.15, 0.2) is 47.9 Å². The molecule has 2 aliphatic heterocycles. The molecular weight excluding hydrogens is 164 g/mol. The molecule has 0 fully saturated rings. The van der Waals surface area contributed by atoms with Gasteiger partial charge in [-0.15, -0.1) is 0 Å². The molecule has 0 radical (unpaired) electrons. The van der Waals surface area contributed by atoms with Gasteiger partial charge in [-0.25, -0.2) is 0 Å². The van der Waals surface area contributed by atoms with E-state index in [2.05, 4.69) is 0 Å². The van der Waals surface area contributed by atoms with Crippen molar-refractivity contribution in [3.8, 4) is 0 Å². The fourth-order valence-electron chi connectivity index (χ4n) is 1.37. The number of fused-ring (bicyclic) bond motifs is 1. The SMILES string of the molecule is NC(=O)C1=CC=C2C=CC=CN2C1. The van der Waals surface area contributed by atoms with Gasteiger partial charge in [0.15, 0.2) is 0 Å². The first kappa shape index (κ1) is 7.86. The zero-order chi connectivity index (χ0) is 9.26. The topological polar surface area (TPSA) is 46.3 Å². The van der Waals surface area contributed by atoms with Crippen molar-refractivity contribution in [1.82, 2.24) is 4.90 Å². The molecule has 2 aliphatic rings. The molecule has 3 nitrogen and oxygen atoms in total. The molecule has 0 aliphatic carbocycles. The number of amides is 1. The Morgan fingerprint density at radius 1 is 1.38 bits per heavy atom. The molecule has 0 aromatic carbocycles. The number of carbonyl (C=O) groups excluding carboxylic acids is 1. The third-order valence-corrected chi connectivity index (χ3v) is 2.09. The smallest absolute Gasteiger partial charge is 0.246 e. The van der Waals surface area contributed by atoms with Crippen LogP contribution in [0.25, 0.3) is 0 Å². The van der Waals surface area contributed by atoms with Gasteiger partial charge >= 0.3 is 0 Å². The van der Waals surface area contributed by atoms with E-state index >= 15 is 0 Å². The molecule has 0 unspecified atom stereocenters. The summed E-state index contributed by atoms with van der Waals surface area (Å²) >= 11 is 0. The number of rotatable bonds is 1. The summed E-state index contributed by atoms with van der Waals surface area (Å²) in [7, 11) is 0. The number of hydrogen-bond donors (Lipinski definition) is 1. The number of hydrogen-bond acceptors (Lipinski definition) is 2. The molecule has 0 atom stereocenters. The van der Waals surface area contributed by atoms with Gasteiger partial charge in [0, 0.05) is 17.5 Å². The Bertz CT molecular complexity index is 361. The minimum Gasteiger partial charge on any atom is -0.366 e. The van der Waals surface area contributed by atoms with E-state index < -0.39 is 0 Å². The van der Waals surface area contributed by atoms with E-state index in [4.69, 9.17) is 5.73 Å². The molecular formula is C10H10N2O. The summed E-state index contributed by atoms with van der Waals surface area (Å²) in [5.74, 6) is -0.349. The van der Waals surface area contributed by atoms with E-state index in [0.29, 0.717) is 12.1 Å². The minimum atomic E-state index is -0.349. The van der Waals surface area contributed by atoms with Crippen molar-refractivity contribution in [2.75, 3.05) is 6.54 Å². The molecule has 2 N–H and O–H groups in total. The first-order valence-electron chi connectivity index (χ1n) is 4.09. The third kappa shape index (κ3) is 1.40. The van der Waals surface area contributed by atoms with Crippen molar-refractivity contribution in [2.24, 2.45) is 5.73 Å². The quantitative estimate of drug-likeness (QED) is 0.635. The Hall–Kier alpha value is -1.77. The summed E-state index contributed by atoms with van der Waals surface area (Å²) in [6.07, 6.45) is 11.5. The lowest BCUT2D eigenvalue weighted by molar-refractivity contribution is -0.114. The normalized spacial score (nSPS) is 19.2. The van der Waals surface area contributed by atoms with Gasteiger partial charge in [0.05, 0.1) is 6.54 Å². The molecule has 0 saturated carbocycles. The molecule has 3 heteroatoms. The summed E-state index contributed by atoms with van der Waals surface area (Å²) in [4.78, 5) is 12.9. The number of nitrogens with zero attached hydrogens (tertiary/aromatic N) is 1. The van der Waals surface area contributed by atoms with Crippen LogP contribution in [-0.4, -0.2) is 17.4 Å². The van der Waals surface area contributed by atoms with Crippen LogP contribution in [0.4, 0.5) is 0 Å². The molecule has 0 aromatic rings. The molecule has 2 rings (SSSR count). The second kappa shape index (κ2) is 2.94. The maximum absolute atomic E-state index is 10.9. The second-order valence-electron chi connectivity index (χ2n) is 2.98. The van der Waals surface area contributed by atoms with Crippen molar-refractivity contribution >= 4 is 5.91 Å². The van der Waals surface area contributed by atoms with Gasteiger partial charge in [0.25, 0.3) is 0 Å². The molecule has 13 heavy (non-hydrogen) atoms. The van der Waals surface area contributed by atoms with Gasteiger partial charge in [0.1, 0.15) is 0 Å². The van der Waals surface area contributed by atoms with Crippen LogP contribution in [0.1, 0.15) is 0 Å². The molecule has 0 aromatic heterocycles. The monoisotopic (exact) mass is 174 g/mol. The number of allylic oxidation sites excluding steroid dienone is 5. The number of nitrogens with two attached hydrogens (primary N) is 1. The Morgan fingerprint density at radius 2 is 2.23 bits per heavy atom. The summed E-state index contributed by atoms with van der Waals surface area (Å²) in [5, 5.41) is 0. The first-order chi connectivity index (χ1) is 6.27. The average Bonchev–Trinajstić information content (AvgIpc) is 2.17. The molecule has 1 amide bonds. The Labute approximate surface area is 76.5 Å². The van der Waals surface area contributed by atoms with E-state index in [-0.39, 0.29) is 5.91 Å². The molecule has 2 heterocycles. The van der Waals surface area contributed by atoms with Crippen molar-refractivity contribution < 1.29 is 4.79 Å². The molecule has 0 bridgehead atoms. The fraction of sp³-hybridized carbons (Fsp3) is 0.100. The first-order valence-corrected chi connectivity index (χ1v) is 4.09. The number of primary amides is 1. The van der Waals surface area contributed by atoms with Crippen LogP contribution < -0.4 is 5.73 Å². The lowest BCUT2D eigenvalue weighted by atomic mass is 10.1. The van der Waals surface area contributed by atoms with Crippen LogP contribution in [0.2, 0.25) is 0 Å². The lowest BCUT2D eigenvalue weighted by Gasteiger charge is -2.26. The maximum Gasteiger partial charge on any atom is 0.246 e. The predicted octanol–water partition coefficient (Wildman–Crippen LogP) is 0.681. The van der Waals surface area contributed by atoms with E-state index in [1.807, 2.05) is 35.4 Å². The predicted molar refractivity (Wildman–Crippen MR) is 50.3 cm³/mol. The van der Waals surface area contributed by atoms with Crippen molar-refractivity contribution in [2.45, 2.75) is 0 Å². The average molecular weight is 174 g/mol. The van der Waals surface area contributed by atoms with Gasteiger partial charge in [-0.2, -0.15) is 0 Å². The van der Waals surface area contributed by atoms with Crippen molar-refractivity contribution in [3.05, 3.63) is 47.9 Å². The van der Waals surface area contributed by atoms with E-state index in [0.717, 1.165) is 5.70 Å². The summed E-state index contributed by atoms with van der Waals surface area (Å²) in [6.45, 7) is 0.571. The third-order valence-electron chi connectivity index (χ3n) is 2.09. The van der Waals surface area contributed by atoms with Gasteiger partial charge < -0.3 is 10.6 Å². The lowest BCUT2D eigenvalue weighted by Crippen LogP contribution is -2.28. The number of carbonyl (C=O) groups is 1. The molecule has 0 spiro atoms. The highest BCUT2D eigenvalue weighted by molar-refractivity contribution is 5.93. The van der Waals surface area contributed by atoms with Gasteiger partial charge in [0.2, 0.25) is 5.91 Å². The zero-order valence-electron chi connectivity index (χ0n) is 7.10. The summed E-state index contributed by atoms with van der Waals surface area (Å²) in [5.41, 5.74) is 6.92. The van der Waals surface area contributed by atoms with Gasteiger partial charge in [-0.1, -0.05) is 6.08 Å². The minimum absolute atomic E-state index is 0.349. The van der Waals surface area contributed by atoms with Crippen LogP contribution >= 0.6 is 0 Å². The van der Waals surface area contributed by atoms with Gasteiger partial charge in [-0.3, -0.25) is 4.79 Å². The Kier molecular flexibility index (Phi) is 1.77. The Morgan fingerprint density at radius 3 is 3.00 bits per heavy atom. The van der Waals surface area contributed by atoms with E-state index in [1.165, 1.54) is 0 Å². The fourth-order valence-corrected chi connectivity index (χ4v) is 1.37. The highest BCUT2D eigenvalue weighted by Crippen LogP contribution is 2.18. The van der Waals surface area contributed by atoms with Crippen molar-refractivity contribution in [1.29, 1.82) is 0 Å². The highest BCUT2D eigenvalue weighted by Gasteiger charge is 2.15. The Balaban J connectivity index is 2.29. The van der Waals surface area contributed by atoms with Crippen LogP contribution in [-0.2, 0) is 4.79 Å². The van der Waals surface area contributed by atoms with Crippen LogP contribution in [0.3, 0.4) is 0 Å². The van der Waals surface area contributed by atoms with Crippen LogP contribution in [0.5, 0.6) is 0 Å².